The highest BCUT2D eigenvalue weighted by molar-refractivity contribution is 5.37. The molecule has 0 spiro atoms. The van der Waals surface area contributed by atoms with Crippen LogP contribution in [0.15, 0.2) is 24.3 Å². The second-order valence-corrected chi connectivity index (χ2v) is 7.74. The Hall–Kier alpha value is -1.38. The van der Waals surface area contributed by atoms with E-state index in [4.69, 9.17) is 0 Å². The Labute approximate surface area is 152 Å². The Kier molecular flexibility index (Phi) is 7.04. The molecule has 1 fully saturated rings. The van der Waals surface area contributed by atoms with Crippen LogP contribution in [0.2, 0.25) is 0 Å². The number of rotatable bonds is 5. The van der Waals surface area contributed by atoms with Gasteiger partial charge in [-0.15, -0.1) is 0 Å². The maximum atomic E-state index is 9.68. The van der Waals surface area contributed by atoms with Gasteiger partial charge in [0.15, 0.2) is 0 Å². The van der Waals surface area contributed by atoms with Gasteiger partial charge in [0.2, 0.25) is 0 Å². The fourth-order valence-electron chi connectivity index (χ4n) is 3.34. The van der Waals surface area contributed by atoms with Gasteiger partial charge in [-0.1, -0.05) is 24.0 Å². The first-order valence-corrected chi connectivity index (χ1v) is 9.22. The van der Waals surface area contributed by atoms with Crippen LogP contribution < -0.4 is 0 Å². The summed E-state index contributed by atoms with van der Waals surface area (Å²) < 4.78 is 0. The summed E-state index contributed by atoms with van der Waals surface area (Å²) in [6.07, 6.45) is 0.833. The van der Waals surface area contributed by atoms with Gasteiger partial charge >= 0.3 is 0 Å². The second-order valence-electron chi connectivity index (χ2n) is 7.74. The van der Waals surface area contributed by atoms with Crippen LogP contribution in [0.4, 0.5) is 0 Å². The minimum absolute atomic E-state index is 0.246. The van der Waals surface area contributed by atoms with Crippen LogP contribution in [-0.4, -0.2) is 63.9 Å². The van der Waals surface area contributed by atoms with Gasteiger partial charge in [-0.2, -0.15) is 0 Å². The van der Waals surface area contributed by atoms with Crippen molar-refractivity contribution in [2.45, 2.75) is 58.3 Å². The molecule has 138 valence electrons. The first-order valence-electron chi connectivity index (χ1n) is 9.22. The number of aliphatic hydroxyl groups excluding tert-OH is 1. The van der Waals surface area contributed by atoms with Gasteiger partial charge in [-0.3, -0.25) is 9.80 Å². The molecule has 2 rings (SSSR count). The van der Waals surface area contributed by atoms with E-state index in [-0.39, 0.29) is 6.61 Å². The van der Waals surface area contributed by atoms with Crippen molar-refractivity contribution in [2.24, 2.45) is 0 Å². The maximum Gasteiger partial charge on any atom is 0.120 e. The molecule has 0 bridgehead atoms. The van der Waals surface area contributed by atoms with Gasteiger partial charge in [-0.05, 0) is 51.8 Å². The summed E-state index contributed by atoms with van der Waals surface area (Å²) in [5.74, 6) is 5.85. The van der Waals surface area contributed by atoms with Crippen molar-refractivity contribution < 1.29 is 10.2 Å². The number of nitrogens with zero attached hydrogens (tertiary/aromatic N) is 2. The molecule has 1 aromatic carbocycles. The number of benzene rings is 1. The Morgan fingerprint density at radius 1 is 1.20 bits per heavy atom. The molecule has 1 aromatic rings. The molecule has 1 aliphatic rings. The second kappa shape index (κ2) is 8.82. The molecule has 2 N–H and O–H groups in total. The zero-order valence-electron chi connectivity index (χ0n) is 16.0. The largest absolute Gasteiger partial charge is 0.396 e. The summed E-state index contributed by atoms with van der Waals surface area (Å²) in [5.41, 5.74) is 1.24. The number of aliphatic hydroxyl groups is 2. The quantitative estimate of drug-likeness (QED) is 0.803. The minimum Gasteiger partial charge on any atom is -0.396 e. The third-order valence-electron chi connectivity index (χ3n) is 4.61. The van der Waals surface area contributed by atoms with Crippen molar-refractivity contribution >= 4 is 0 Å². The molecular formula is C21H32N2O2. The van der Waals surface area contributed by atoms with Gasteiger partial charge in [0.1, 0.15) is 5.60 Å². The summed E-state index contributed by atoms with van der Waals surface area (Å²) in [7, 11) is 0. The van der Waals surface area contributed by atoms with Crippen LogP contribution in [-0.2, 0) is 6.54 Å². The fraction of sp³-hybridized carbons (Fsp3) is 0.619. The topological polar surface area (TPSA) is 46.9 Å². The normalized spacial score (nSPS) is 19.7. The highest BCUT2D eigenvalue weighted by Gasteiger charge is 2.28. The average Bonchev–Trinajstić information content (AvgIpc) is 2.54. The van der Waals surface area contributed by atoms with E-state index in [2.05, 4.69) is 47.6 Å². The lowest BCUT2D eigenvalue weighted by molar-refractivity contribution is 0.0349. The lowest BCUT2D eigenvalue weighted by atomic mass is 10.0. The van der Waals surface area contributed by atoms with Crippen molar-refractivity contribution in [1.82, 2.24) is 9.80 Å². The molecule has 1 aliphatic heterocycles. The van der Waals surface area contributed by atoms with Crippen LogP contribution in [0.1, 0.15) is 45.2 Å². The van der Waals surface area contributed by atoms with Crippen molar-refractivity contribution in [3.05, 3.63) is 35.4 Å². The molecule has 4 heteroatoms. The molecule has 1 saturated heterocycles. The van der Waals surface area contributed by atoms with Gasteiger partial charge < -0.3 is 10.2 Å². The number of hydrogen-bond donors (Lipinski definition) is 2. The Morgan fingerprint density at radius 3 is 2.44 bits per heavy atom. The van der Waals surface area contributed by atoms with Crippen molar-refractivity contribution in [3.8, 4) is 11.8 Å². The molecule has 0 unspecified atom stereocenters. The van der Waals surface area contributed by atoms with E-state index < -0.39 is 5.60 Å². The van der Waals surface area contributed by atoms with E-state index in [1.54, 1.807) is 13.8 Å². The standard InChI is InChI=1S/C21H32N2O2/c1-17(2)23-13-12-22(16-20(23)10-14-24)15-19-7-5-18(6-8-19)9-11-21(3,4)25/h5-8,17,20,24-25H,10,12-16H2,1-4H3/t20-/m1/s1. The zero-order valence-corrected chi connectivity index (χ0v) is 16.0. The van der Waals surface area contributed by atoms with E-state index in [9.17, 15) is 10.2 Å². The van der Waals surface area contributed by atoms with Crippen LogP contribution in [0, 0.1) is 11.8 Å². The summed E-state index contributed by atoms with van der Waals surface area (Å²) >= 11 is 0. The van der Waals surface area contributed by atoms with Crippen LogP contribution in [0.5, 0.6) is 0 Å². The van der Waals surface area contributed by atoms with Crippen LogP contribution in [0.3, 0.4) is 0 Å². The summed E-state index contributed by atoms with van der Waals surface area (Å²) in [6, 6.07) is 9.21. The summed E-state index contributed by atoms with van der Waals surface area (Å²) in [4.78, 5) is 4.97. The molecule has 1 heterocycles. The molecule has 0 saturated carbocycles. The first kappa shape index (κ1) is 19.9. The Balaban J connectivity index is 1.96. The smallest absolute Gasteiger partial charge is 0.120 e. The number of hydrogen-bond acceptors (Lipinski definition) is 4. The SMILES string of the molecule is CC(C)N1CCN(Cc2ccc(C#CC(C)(C)O)cc2)C[C@H]1CCO. The van der Waals surface area contributed by atoms with Crippen molar-refractivity contribution in [1.29, 1.82) is 0 Å². The number of piperazine rings is 1. The molecule has 0 amide bonds. The lowest BCUT2D eigenvalue weighted by Crippen LogP contribution is -2.55. The van der Waals surface area contributed by atoms with Crippen LogP contribution >= 0.6 is 0 Å². The third-order valence-corrected chi connectivity index (χ3v) is 4.61. The Morgan fingerprint density at radius 2 is 1.88 bits per heavy atom. The first-order chi connectivity index (χ1) is 11.8. The van der Waals surface area contributed by atoms with Gasteiger partial charge in [-0.25, -0.2) is 0 Å². The molecule has 1 atom stereocenters. The average molecular weight is 344 g/mol. The van der Waals surface area contributed by atoms with Crippen molar-refractivity contribution in [2.75, 3.05) is 26.2 Å². The predicted molar refractivity (Wildman–Crippen MR) is 102 cm³/mol. The van der Waals surface area contributed by atoms with E-state index in [1.165, 1.54) is 5.56 Å². The van der Waals surface area contributed by atoms with Gasteiger partial charge in [0.25, 0.3) is 0 Å². The molecule has 0 radical (unpaired) electrons. The molecule has 4 nitrogen and oxygen atoms in total. The lowest BCUT2D eigenvalue weighted by Gasteiger charge is -2.43. The monoisotopic (exact) mass is 344 g/mol. The van der Waals surface area contributed by atoms with Gasteiger partial charge in [0, 0.05) is 50.4 Å². The fourth-order valence-corrected chi connectivity index (χ4v) is 3.34. The van der Waals surface area contributed by atoms with E-state index in [1.807, 2.05) is 12.1 Å². The zero-order chi connectivity index (χ0) is 18.4. The minimum atomic E-state index is -0.962. The van der Waals surface area contributed by atoms with Gasteiger partial charge in [0.05, 0.1) is 0 Å². The molecule has 0 aliphatic carbocycles. The molecule has 0 aromatic heterocycles. The third kappa shape index (κ3) is 6.45. The summed E-state index contributed by atoms with van der Waals surface area (Å²) in [5, 5.41) is 19.0. The van der Waals surface area contributed by atoms with E-state index >= 15 is 0 Å². The Bertz CT molecular complexity index is 593. The highest BCUT2D eigenvalue weighted by atomic mass is 16.3. The van der Waals surface area contributed by atoms with Crippen molar-refractivity contribution in [3.63, 3.8) is 0 Å². The van der Waals surface area contributed by atoms with E-state index in [0.717, 1.165) is 38.2 Å². The maximum absolute atomic E-state index is 9.68. The molecular weight excluding hydrogens is 312 g/mol. The van der Waals surface area contributed by atoms with E-state index in [0.29, 0.717) is 12.1 Å². The highest BCUT2D eigenvalue weighted by Crippen LogP contribution is 2.18. The molecule has 25 heavy (non-hydrogen) atoms. The van der Waals surface area contributed by atoms with Crippen LogP contribution in [0.25, 0.3) is 0 Å². The summed E-state index contributed by atoms with van der Waals surface area (Å²) in [6.45, 7) is 12.1. The predicted octanol–water partition coefficient (Wildman–Crippen LogP) is 2.09.